The highest BCUT2D eigenvalue weighted by Crippen LogP contribution is 2.23. The van der Waals surface area contributed by atoms with Gasteiger partial charge in [0.25, 0.3) is 0 Å². The summed E-state index contributed by atoms with van der Waals surface area (Å²) in [5, 5.41) is 2.94. The Morgan fingerprint density at radius 2 is 1.93 bits per heavy atom. The van der Waals surface area contributed by atoms with E-state index in [0.29, 0.717) is 5.92 Å². The summed E-state index contributed by atoms with van der Waals surface area (Å²) in [5.41, 5.74) is 0. The molecule has 0 aromatic rings. The van der Waals surface area contributed by atoms with Crippen LogP contribution in [-0.4, -0.2) is 17.7 Å². The van der Waals surface area contributed by atoms with Crippen molar-refractivity contribution in [2.75, 3.05) is 0 Å². The molecule has 0 saturated heterocycles. The summed E-state index contributed by atoms with van der Waals surface area (Å²) in [6, 6.07) is 0.288. The van der Waals surface area contributed by atoms with Crippen molar-refractivity contribution in [3.8, 4) is 0 Å². The molecular weight excluding hydrogens is 178 g/mol. The van der Waals surface area contributed by atoms with Crippen molar-refractivity contribution in [2.45, 2.75) is 52.0 Å². The van der Waals surface area contributed by atoms with Crippen molar-refractivity contribution in [3.05, 3.63) is 0 Å². The lowest BCUT2D eigenvalue weighted by Gasteiger charge is -2.29. The molecule has 0 aliphatic heterocycles. The third-order valence-corrected chi connectivity index (χ3v) is 2.87. The van der Waals surface area contributed by atoms with Crippen molar-refractivity contribution >= 4 is 11.7 Å². The Hall–Kier alpha value is -0.860. The van der Waals surface area contributed by atoms with E-state index >= 15 is 0 Å². The minimum absolute atomic E-state index is 0.0310. The van der Waals surface area contributed by atoms with Crippen LogP contribution in [-0.2, 0) is 9.59 Å². The van der Waals surface area contributed by atoms with Crippen LogP contribution in [0, 0.1) is 5.92 Å². The van der Waals surface area contributed by atoms with Crippen LogP contribution in [0.15, 0.2) is 0 Å². The molecule has 1 aliphatic rings. The molecule has 0 spiro atoms. The van der Waals surface area contributed by atoms with E-state index in [1.54, 1.807) is 0 Å². The smallest absolute Gasteiger partial charge is 0.227 e. The molecule has 1 amide bonds. The Labute approximate surface area is 85.3 Å². The number of carbonyl (C=O) groups excluding carboxylic acids is 2. The minimum atomic E-state index is -0.115. The number of hydrogen-bond acceptors (Lipinski definition) is 2. The van der Waals surface area contributed by atoms with E-state index in [0.717, 1.165) is 6.42 Å². The fourth-order valence-electron chi connectivity index (χ4n) is 2.01. The molecule has 1 N–H and O–H groups in total. The molecule has 14 heavy (non-hydrogen) atoms. The molecule has 0 unspecified atom stereocenters. The van der Waals surface area contributed by atoms with E-state index < -0.39 is 0 Å². The number of amides is 1. The van der Waals surface area contributed by atoms with Crippen LogP contribution < -0.4 is 5.32 Å². The van der Waals surface area contributed by atoms with Crippen LogP contribution in [0.4, 0.5) is 0 Å². The van der Waals surface area contributed by atoms with Gasteiger partial charge in [0.2, 0.25) is 5.91 Å². The summed E-state index contributed by atoms with van der Waals surface area (Å²) >= 11 is 0. The molecule has 1 saturated carbocycles. The summed E-state index contributed by atoms with van der Waals surface area (Å²) in [4.78, 5) is 22.1. The molecule has 3 heteroatoms. The van der Waals surface area contributed by atoms with Gasteiger partial charge in [-0.1, -0.05) is 19.8 Å². The van der Waals surface area contributed by atoms with Gasteiger partial charge in [-0.2, -0.15) is 0 Å². The zero-order valence-corrected chi connectivity index (χ0v) is 9.01. The first-order chi connectivity index (χ1) is 6.59. The van der Waals surface area contributed by atoms with Gasteiger partial charge >= 0.3 is 0 Å². The number of carbonyl (C=O) groups is 2. The van der Waals surface area contributed by atoms with E-state index in [4.69, 9.17) is 0 Å². The molecule has 1 rings (SSSR count). The summed E-state index contributed by atoms with van der Waals surface area (Å²) < 4.78 is 0. The summed E-state index contributed by atoms with van der Waals surface area (Å²) in [5.74, 6) is 0.377. The molecule has 3 nitrogen and oxygen atoms in total. The topological polar surface area (TPSA) is 46.2 Å². The predicted octanol–water partition coefficient (Wildman–Crippen LogP) is 1.66. The predicted molar refractivity (Wildman–Crippen MR) is 54.9 cm³/mol. The fourth-order valence-corrected chi connectivity index (χ4v) is 2.01. The van der Waals surface area contributed by atoms with E-state index in [9.17, 15) is 9.59 Å². The van der Waals surface area contributed by atoms with Gasteiger partial charge in [-0.25, -0.2) is 0 Å². The van der Waals surface area contributed by atoms with Gasteiger partial charge in [-0.15, -0.1) is 0 Å². The highest BCUT2D eigenvalue weighted by atomic mass is 16.2. The molecule has 1 fully saturated rings. The second kappa shape index (κ2) is 5.13. The molecule has 0 aromatic carbocycles. The average molecular weight is 197 g/mol. The second-order valence-corrected chi connectivity index (χ2v) is 4.31. The molecule has 2 atom stereocenters. The van der Waals surface area contributed by atoms with Crippen molar-refractivity contribution in [2.24, 2.45) is 5.92 Å². The third kappa shape index (κ3) is 3.48. The van der Waals surface area contributed by atoms with Crippen molar-refractivity contribution < 1.29 is 9.59 Å². The Morgan fingerprint density at radius 3 is 2.50 bits per heavy atom. The second-order valence-electron chi connectivity index (χ2n) is 4.31. The van der Waals surface area contributed by atoms with Gasteiger partial charge in [0.1, 0.15) is 5.78 Å². The van der Waals surface area contributed by atoms with Gasteiger partial charge < -0.3 is 5.32 Å². The Morgan fingerprint density at radius 1 is 1.29 bits per heavy atom. The maximum absolute atomic E-state index is 11.3. The number of Topliss-reactive ketones (excluding diaryl/α,β-unsaturated/α-hetero) is 1. The first kappa shape index (κ1) is 11.2. The minimum Gasteiger partial charge on any atom is -0.353 e. The average Bonchev–Trinajstić information content (AvgIpc) is 2.07. The van der Waals surface area contributed by atoms with Crippen molar-refractivity contribution in [3.63, 3.8) is 0 Å². The molecule has 0 bridgehead atoms. The Balaban J connectivity index is 2.34. The quantitative estimate of drug-likeness (QED) is 0.699. The Kier molecular flexibility index (Phi) is 4.11. The maximum Gasteiger partial charge on any atom is 0.227 e. The van der Waals surface area contributed by atoms with E-state index in [1.165, 1.54) is 26.2 Å². The highest BCUT2D eigenvalue weighted by Gasteiger charge is 2.22. The number of nitrogens with one attached hydrogen (secondary N) is 1. The summed E-state index contributed by atoms with van der Waals surface area (Å²) in [6.45, 7) is 3.61. The van der Waals surface area contributed by atoms with Crippen LogP contribution in [0.25, 0.3) is 0 Å². The molecule has 0 aromatic heterocycles. The van der Waals surface area contributed by atoms with Gasteiger partial charge in [0.05, 0.1) is 6.42 Å². The first-order valence-corrected chi connectivity index (χ1v) is 5.38. The lowest BCUT2D eigenvalue weighted by atomic mass is 9.86. The van der Waals surface area contributed by atoms with Crippen LogP contribution in [0.1, 0.15) is 46.0 Å². The SMILES string of the molecule is CC(=O)CC(=O)N[C@@H]1CCCC[C@H]1C. The summed E-state index contributed by atoms with van der Waals surface area (Å²) in [7, 11) is 0. The van der Waals surface area contributed by atoms with Gasteiger partial charge in [-0.05, 0) is 25.7 Å². The van der Waals surface area contributed by atoms with Crippen LogP contribution in [0.2, 0.25) is 0 Å². The monoisotopic (exact) mass is 197 g/mol. The molecule has 1 aliphatic carbocycles. The van der Waals surface area contributed by atoms with Crippen LogP contribution in [0.5, 0.6) is 0 Å². The zero-order chi connectivity index (χ0) is 10.6. The van der Waals surface area contributed by atoms with Crippen molar-refractivity contribution in [1.82, 2.24) is 5.32 Å². The Bertz CT molecular complexity index is 225. The van der Waals surface area contributed by atoms with E-state index in [1.807, 2.05) is 0 Å². The van der Waals surface area contributed by atoms with Crippen molar-refractivity contribution in [1.29, 1.82) is 0 Å². The standard InChI is InChI=1S/C11H19NO2/c1-8-5-3-4-6-10(8)12-11(14)7-9(2)13/h8,10H,3-7H2,1-2H3,(H,12,14)/t8-,10-/m1/s1. The molecule has 0 heterocycles. The summed E-state index contributed by atoms with van der Waals surface area (Å²) in [6.07, 6.45) is 4.73. The van der Waals surface area contributed by atoms with Gasteiger partial charge in [-0.3, -0.25) is 9.59 Å². The first-order valence-electron chi connectivity index (χ1n) is 5.38. The van der Waals surface area contributed by atoms with Gasteiger partial charge in [0, 0.05) is 6.04 Å². The normalized spacial score (nSPS) is 27.0. The zero-order valence-electron chi connectivity index (χ0n) is 9.01. The number of ketones is 1. The van der Waals surface area contributed by atoms with Crippen LogP contribution >= 0.6 is 0 Å². The lowest BCUT2D eigenvalue weighted by molar-refractivity contribution is -0.128. The highest BCUT2D eigenvalue weighted by molar-refractivity contribution is 5.96. The molecular formula is C11H19NO2. The number of hydrogen-bond donors (Lipinski definition) is 1. The largest absolute Gasteiger partial charge is 0.353 e. The third-order valence-electron chi connectivity index (χ3n) is 2.87. The van der Waals surface area contributed by atoms with Gasteiger partial charge in [0.15, 0.2) is 0 Å². The van der Waals surface area contributed by atoms with Crippen LogP contribution in [0.3, 0.4) is 0 Å². The van der Waals surface area contributed by atoms with E-state index in [2.05, 4.69) is 12.2 Å². The molecule has 80 valence electrons. The number of rotatable bonds is 3. The lowest BCUT2D eigenvalue weighted by Crippen LogP contribution is -2.41. The molecule has 0 radical (unpaired) electrons. The van der Waals surface area contributed by atoms with E-state index in [-0.39, 0.29) is 24.2 Å². The fraction of sp³-hybridized carbons (Fsp3) is 0.818. The maximum atomic E-state index is 11.3.